The highest BCUT2D eigenvalue weighted by molar-refractivity contribution is 6.12. The molecule has 0 radical (unpaired) electrons. The molecular weight excluding hydrogens is 639 g/mol. The second kappa shape index (κ2) is 11.3. The summed E-state index contributed by atoms with van der Waals surface area (Å²) in [7, 11) is 0. The zero-order valence-corrected chi connectivity index (χ0v) is 29.8. The van der Waals surface area contributed by atoms with Gasteiger partial charge in [0.15, 0.2) is 0 Å². The molecule has 1 heterocycles. The smallest absolute Gasteiger partial charge is 0.0547 e. The Hall–Kier alpha value is -6.44. The summed E-state index contributed by atoms with van der Waals surface area (Å²) in [6.45, 7) is 4.75. The highest BCUT2D eigenvalue weighted by Crippen LogP contribution is 2.52. The summed E-state index contributed by atoms with van der Waals surface area (Å²) in [6, 6.07) is 67.8. The predicted octanol–water partition coefficient (Wildman–Crippen LogP) is 13.6. The highest BCUT2D eigenvalue weighted by Gasteiger charge is 2.36. The van der Waals surface area contributed by atoms with Crippen molar-refractivity contribution in [1.82, 2.24) is 4.57 Å². The van der Waals surface area contributed by atoms with Gasteiger partial charge < -0.3 is 4.57 Å². The van der Waals surface area contributed by atoms with Crippen LogP contribution in [0.2, 0.25) is 0 Å². The number of fused-ring (bicyclic) bond motifs is 9. The van der Waals surface area contributed by atoms with Crippen LogP contribution in [0.5, 0.6) is 0 Å². The molecule has 0 aliphatic heterocycles. The van der Waals surface area contributed by atoms with E-state index in [0.717, 1.165) is 0 Å². The maximum absolute atomic E-state index is 2.49. The van der Waals surface area contributed by atoms with E-state index >= 15 is 0 Å². The molecule has 0 saturated carbocycles. The van der Waals surface area contributed by atoms with Gasteiger partial charge in [-0.3, -0.25) is 0 Å². The third kappa shape index (κ3) is 4.44. The molecule has 0 amide bonds. The number of hydrogen-bond acceptors (Lipinski definition) is 0. The second-order valence-corrected chi connectivity index (χ2v) is 15.3. The molecule has 250 valence electrons. The minimum atomic E-state index is -0.0660. The third-order valence-corrected chi connectivity index (χ3v) is 12.1. The van der Waals surface area contributed by atoms with Gasteiger partial charge in [0.2, 0.25) is 0 Å². The fraction of sp³-hybridized carbons (Fsp3) is 0.0769. The van der Waals surface area contributed by atoms with Crippen molar-refractivity contribution in [3.8, 4) is 50.2 Å². The number of para-hydroxylation sites is 1. The first-order valence-corrected chi connectivity index (χ1v) is 18.7. The summed E-state index contributed by atoms with van der Waals surface area (Å²) >= 11 is 0. The number of rotatable bonds is 4. The van der Waals surface area contributed by atoms with Crippen LogP contribution >= 0.6 is 0 Å². The van der Waals surface area contributed by atoms with Crippen molar-refractivity contribution in [2.45, 2.75) is 25.2 Å². The molecule has 0 bridgehead atoms. The van der Waals surface area contributed by atoms with Crippen molar-refractivity contribution in [1.29, 1.82) is 0 Å². The molecule has 1 atom stereocenters. The molecule has 9 aromatic rings. The van der Waals surface area contributed by atoms with Crippen LogP contribution in [0.1, 0.15) is 47.6 Å². The van der Waals surface area contributed by atoms with Gasteiger partial charge in [-0.05, 0) is 115 Å². The Labute approximate surface area is 310 Å². The van der Waals surface area contributed by atoms with Gasteiger partial charge in [0.05, 0.1) is 11.0 Å². The van der Waals surface area contributed by atoms with Crippen molar-refractivity contribution >= 4 is 21.8 Å². The molecule has 11 rings (SSSR count). The Morgan fingerprint density at radius 2 is 1.04 bits per heavy atom. The van der Waals surface area contributed by atoms with Gasteiger partial charge in [0, 0.05) is 27.8 Å². The molecule has 0 fully saturated rings. The lowest BCUT2D eigenvalue weighted by Crippen LogP contribution is -2.14. The predicted molar refractivity (Wildman–Crippen MR) is 222 cm³/mol. The van der Waals surface area contributed by atoms with Gasteiger partial charge in [0.1, 0.15) is 0 Å². The van der Waals surface area contributed by atoms with Crippen molar-refractivity contribution in [2.24, 2.45) is 0 Å². The molecular formula is C52H37N. The Bertz CT molecular complexity index is 2910. The lowest BCUT2D eigenvalue weighted by molar-refractivity contribution is 0.661. The first-order chi connectivity index (χ1) is 26.0. The summed E-state index contributed by atoms with van der Waals surface area (Å²) in [5, 5.41) is 2.59. The number of nitrogens with zero attached hydrogens (tertiary/aromatic N) is 1. The molecule has 1 nitrogen and oxygen atoms in total. The standard InChI is InChI=1S/C52H37N/c1-52(2)47-23-12-11-21-40(47)44-32-50-46(31-48(44)52)45-30-36(25-27-49(45)53(50)38-18-7-4-8-19-38)35-24-26-42-43(29-35)39-20-9-10-22-41(39)51(42)37-17-13-16-34(28-37)33-14-5-3-6-15-33/h3-32,51H,1-2H3. The van der Waals surface area contributed by atoms with Crippen LogP contribution in [0.25, 0.3) is 72.0 Å². The van der Waals surface area contributed by atoms with Crippen LogP contribution in [-0.2, 0) is 5.41 Å². The molecule has 0 saturated heterocycles. The molecule has 1 unspecified atom stereocenters. The molecule has 1 aromatic heterocycles. The van der Waals surface area contributed by atoms with Gasteiger partial charge in [0.25, 0.3) is 0 Å². The lowest BCUT2D eigenvalue weighted by Gasteiger charge is -2.21. The van der Waals surface area contributed by atoms with E-state index in [1.807, 2.05) is 0 Å². The molecule has 0 spiro atoms. The summed E-state index contributed by atoms with van der Waals surface area (Å²) < 4.78 is 2.45. The number of benzene rings is 8. The van der Waals surface area contributed by atoms with Crippen LogP contribution in [0.4, 0.5) is 0 Å². The van der Waals surface area contributed by atoms with Gasteiger partial charge in [-0.15, -0.1) is 0 Å². The van der Waals surface area contributed by atoms with Gasteiger partial charge in [-0.1, -0.05) is 153 Å². The van der Waals surface area contributed by atoms with Gasteiger partial charge >= 0.3 is 0 Å². The van der Waals surface area contributed by atoms with Gasteiger partial charge in [-0.2, -0.15) is 0 Å². The average molecular weight is 676 g/mol. The third-order valence-electron chi connectivity index (χ3n) is 12.1. The molecule has 1 heteroatoms. The zero-order chi connectivity index (χ0) is 35.3. The first kappa shape index (κ1) is 30.2. The van der Waals surface area contributed by atoms with E-state index in [-0.39, 0.29) is 11.3 Å². The first-order valence-electron chi connectivity index (χ1n) is 18.7. The van der Waals surface area contributed by atoms with Crippen LogP contribution in [0.3, 0.4) is 0 Å². The van der Waals surface area contributed by atoms with Crippen LogP contribution in [-0.4, -0.2) is 4.57 Å². The Morgan fingerprint density at radius 3 is 1.89 bits per heavy atom. The van der Waals surface area contributed by atoms with Crippen molar-refractivity contribution < 1.29 is 0 Å². The van der Waals surface area contributed by atoms with Crippen molar-refractivity contribution in [2.75, 3.05) is 0 Å². The van der Waals surface area contributed by atoms with Crippen LogP contribution < -0.4 is 0 Å². The summed E-state index contributed by atoms with van der Waals surface area (Å²) in [4.78, 5) is 0. The fourth-order valence-corrected chi connectivity index (χ4v) is 9.52. The maximum atomic E-state index is 2.49. The van der Waals surface area contributed by atoms with E-state index in [1.54, 1.807) is 0 Å². The van der Waals surface area contributed by atoms with Crippen LogP contribution in [0.15, 0.2) is 182 Å². The Kier molecular flexibility index (Phi) is 6.43. The molecule has 0 N–H and O–H groups in total. The maximum Gasteiger partial charge on any atom is 0.0547 e. The number of hydrogen-bond donors (Lipinski definition) is 0. The Morgan fingerprint density at radius 1 is 0.396 bits per heavy atom. The van der Waals surface area contributed by atoms with E-state index in [0.29, 0.717) is 0 Å². The van der Waals surface area contributed by atoms with E-state index in [2.05, 4.69) is 200 Å². The fourth-order valence-electron chi connectivity index (χ4n) is 9.52. The Balaban J connectivity index is 1.08. The minimum Gasteiger partial charge on any atom is -0.309 e. The second-order valence-electron chi connectivity index (χ2n) is 15.3. The molecule has 2 aliphatic rings. The monoisotopic (exact) mass is 675 g/mol. The SMILES string of the molecule is CC1(C)c2ccccc2-c2cc3c(cc21)c1cc(-c2ccc4c(c2)-c2ccccc2C4c2cccc(-c4ccccc4)c2)ccc1n3-c1ccccc1. The molecule has 8 aromatic carbocycles. The summed E-state index contributed by atoms with van der Waals surface area (Å²) in [5.74, 6) is 0.194. The lowest BCUT2D eigenvalue weighted by atomic mass is 9.82. The van der Waals surface area contributed by atoms with Gasteiger partial charge in [-0.25, -0.2) is 0 Å². The summed E-state index contributed by atoms with van der Waals surface area (Å²) in [5.41, 5.74) is 20.8. The average Bonchev–Trinajstić information content (AvgIpc) is 3.80. The largest absolute Gasteiger partial charge is 0.309 e. The summed E-state index contributed by atoms with van der Waals surface area (Å²) in [6.07, 6.45) is 0. The quantitative estimate of drug-likeness (QED) is 0.175. The molecule has 2 aliphatic carbocycles. The zero-order valence-electron chi connectivity index (χ0n) is 29.8. The van der Waals surface area contributed by atoms with E-state index in [1.165, 1.54) is 99.8 Å². The topological polar surface area (TPSA) is 4.93 Å². The number of aromatic nitrogens is 1. The highest BCUT2D eigenvalue weighted by atomic mass is 15.0. The van der Waals surface area contributed by atoms with E-state index < -0.39 is 0 Å². The van der Waals surface area contributed by atoms with E-state index in [4.69, 9.17) is 0 Å². The van der Waals surface area contributed by atoms with Crippen molar-refractivity contribution in [3.05, 3.63) is 210 Å². The van der Waals surface area contributed by atoms with E-state index in [9.17, 15) is 0 Å². The van der Waals surface area contributed by atoms with Crippen LogP contribution in [0, 0.1) is 0 Å². The molecule has 53 heavy (non-hydrogen) atoms. The minimum absolute atomic E-state index is 0.0660. The normalized spacial score (nSPS) is 14.9. The van der Waals surface area contributed by atoms with Crippen molar-refractivity contribution in [3.63, 3.8) is 0 Å².